The SMILES string of the molecule is CCc1nn(C)cc1CN1CCC(N)CC1C. The second-order valence-electron chi connectivity index (χ2n) is 5.23. The van der Waals surface area contributed by atoms with Crippen molar-refractivity contribution in [3.8, 4) is 0 Å². The Balaban J connectivity index is 2.04. The van der Waals surface area contributed by atoms with Gasteiger partial charge in [-0.2, -0.15) is 5.10 Å². The Morgan fingerprint density at radius 2 is 2.29 bits per heavy atom. The minimum absolute atomic E-state index is 0.390. The van der Waals surface area contributed by atoms with Gasteiger partial charge in [-0.05, 0) is 26.2 Å². The lowest BCUT2D eigenvalue weighted by Gasteiger charge is -2.36. The first kappa shape index (κ1) is 12.6. The monoisotopic (exact) mass is 236 g/mol. The quantitative estimate of drug-likeness (QED) is 0.860. The third-order valence-electron chi connectivity index (χ3n) is 3.75. The van der Waals surface area contributed by atoms with Crippen LogP contribution in [0.1, 0.15) is 37.9 Å². The second kappa shape index (κ2) is 5.19. The lowest BCUT2D eigenvalue weighted by molar-refractivity contribution is 0.139. The van der Waals surface area contributed by atoms with Gasteiger partial charge < -0.3 is 5.73 Å². The minimum atomic E-state index is 0.390. The molecular formula is C13H24N4. The fourth-order valence-corrected chi connectivity index (χ4v) is 2.72. The van der Waals surface area contributed by atoms with Gasteiger partial charge in [-0.15, -0.1) is 0 Å². The van der Waals surface area contributed by atoms with Gasteiger partial charge in [0.1, 0.15) is 0 Å². The molecule has 17 heavy (non-hydrogen) atoms. The van der Waals surface area contributed by atoms with Crippen molar-refractivity contribution in [2.24, 2.45) is 12.8 Å². The van der Waals surface area contributed by atoms with Gasteiger partial charge in [0.05, 0.1) is 5.69 Å². The van der Waals surface area contributed by atoms with Crippen molar-refractivity contribution in [3.63, 3.8) is 0 Å². The first-order chi connectivity index (χ1) is 8.10. The Bertz CT molecular complexity index is 371. The number of hydrogen-bond donors (Lipinski definition) is 1. The van der Waals surface area contributed by atoms with E-state index in [1.807, 2.05) is 11.7 Å². The molecule has 1 aliphatic rings. The van der Waals surface area contributed by atoms with Crippen molar-refractivity contribution in [1.29, 1.82) is 0 Å². The van der Waals surface area contributed by atoms with Crippen LogP contribution in [0, 0.1) is 0 Å². The van der Waals surface area contributed by atoms with E-state index in [-0.39, 0.29) is 0 Å². The summed E-state index contributed by atoms with van der Waals surface area (Å²) in [6.07, 6.45) is 5.39. The summed E-state index contributed by atoms with van der Waals surface area (Å²) in [6, 6.07) is 0.976. The molecule has 0 spiro atoms. The maximum atomic E-state index is 6.00. The van der Waals surface area contributed by atoms with Crippen molar-refractivity contribution in [2.75, 3.05) is 6.54 Å². The van der Waals surface area contributed by atoms with Crippen LogP contribution in [0.3, 0.4) is 0 Å². The maximum absolute atomic E-state index is 6.00. The summed E-state index contributed by atoms with van der Waals surface area (Å²) >= 11 is 0. The fraction of sp³-hybridized carbons (Fsp3) is 0.769. The summed E-state index contributed by atoms with van der Waals surface area (Å²) in [5.74, 6) is 0. The van der Waals surface area contributed by atoms with Gasteiger partial charge in [-0.3, -0.25) is 9.58 Å². The topological polar surface area (TPSA) is 47.1 Å². The van der Waals surface area contributed by atoms with Gasteiger partial charge in [0.2, 0.25) is 0 Å². The summed E-state index contributed by atoms with van der Waals surface area (Å²) in [4.78, 5) is 2.53. The zero-order chi connectivity index (χ0) is 12.4. The Labute approximate surface area is 104 Å². The molecule has 96 valence electrons. The molecule has 1 aliphatic heterocycles. The van der Waals surface area contributed by atoms with Crippen molar-refractivity contribution in [3.05, 3.63) is 17.5 Å². The van der Waals surface area contributed by atoms with Gasteiger partial charge in [-0.1, -0.05) is 6.92 Å². The van der Waals surface area contributed by atoms with E-state index in [1.54, 1.807) is 0 Å². The predicted octanol–water partition coefficient (Wildman–Crippen LogP) is 1.29. The Morgan fingerprint density at radius 1 is 1.53 bits per heavy atom. The standard InChI is InChI=1S/C13H24N4/c1-4-13-11(8-16(3)15-13)9-17-6-5-12(14)7-10(17)2/h8,10,12H,4-7,9,14H2,1-3H3. The van der Waals surface area contributed by atoms with Gasteiger partial charge in [-0.25, -0.2) is 0 Å². The highest BCUT2D eigenvalue weighted by Crippen LogP contribution is 2.20. The number of rotatable bonds is 3. The first-order valence-electron chi connectivity index (χ1n) is 6.61. The summed E-state index contributed by atoms with van der Waals surface area (Å²) in [5.41, 5.74) is 8.60. The Morgan fingerprint density at radius 3 is 2.94 bits per heavy atom. The molecular weight excluding hydrogens is 212 g/mol. The third-order valence-corrected chi connectivity index (χ3v) is 3.75. The second-order valence-corrected chi connectivity index (χ2v) is 5.23. The molecule has 0 aromatic carbocycles. The zero-order valence-electron chi connectivity index (χ0n) is 11.2. The molecule has 0 radical (unpaired) electrons. The Kier molecular flexibility index (Phi) is 3.84. The number of piperidine rings is 1. The molecule has 4 nitrogen and oxygen atoms in total. The van der Waals surface area contributed by atoms with E-state index in [4.69, 9.17) is 5.73 Å². The van der Waals surface area contributed by atoms with Crippen LogP contribution in [0.4, 0.5) is 0 Å². The van der Waals surface area contributed by atoms with Crippen LogP contribution in [0.2, 0.25) is 0 Å². The van der Waals surface area contributed by atoms with E-state index in [1.165, 1.54) is 11.3 Å². The molecule has 0 saturated carbocycles. The number of hydrogen-bond acceptors (Lipinski definition) is 3. The van der Waals surface area contributed by atoms with E-state index < -0.39 is 0 Å². The average molecular weight is 236 g/mol. The van der Waals surface area contributed by atoms with Crippen LogP contribution < -0.4 is 5.73 Å². The molecule has 2 atom stereocenters. The zero-order valence-corrected chi connectivity index (χ0v) is 11.2. The van der Waals surface area contributed by atoms with Crippen LogP contribution in [-0.2, 0) is 20.0 Å². The maximum Gasteiger partial charge on any atom is 0.0666 e. The number of nitrogens with zero attached hydrogens (tertiary/aromatic N) is 3. The van der Waals surface area contributed by atoms with E-state index in [2.05, 4.69) is 30.0 Å². The molecule has 0 amide bonds. The molecule has 4 heteroatoms. The van der Waals surface area contributed by atoms with Crippen LogP contribution in [0.25, 0.3) is 0 Å². The van der Waals surface area contributed by atoms with E-state index in [9.17, 15) is 0 Å². The largest absolute Gasteiger partial charge is 0.328 e. The minimum Gasteiger partial charge on any atom is -0.328 e. The van der Waals surface area contributed by atoms with Crippen molar-refractivity contribution >= 4 is 0 Å². The normalized spacial score (nSPS) is 26.4. The van der Waals surface area contributed by atoms with Crippen molar-refractivity contribution < 1.29 is 0 Å². The highest BCUT2D eigenvalue weighted by Gasteiger charge is 2.24. The van der Waals surface area contributed by atoms with Crippen LogP contribution in [-0.4, -0.2) is 33.3 Å². The summed E-state index contributed by atoms with van der Waals surface area (Å²) in [7, 11) is 2.00. The molecule has 0 bridgehead atoms. The fourth-order valence-electron chi connectivity index (χ4n) is 2.72. The number of aryl methyl sites for hydroxylation is 2. The van der Waals surface area contributed by atoms with Gasteiger partial charge in [0.15, 0.2) is 0 Å². The van der Waals surface area contributed by atoms with Crippen LogP contribution in [0.15, 0.2) is 6.20 Å². The predicted molar refractivity (Wildman–Crippen MR) is 69.7 cm³/mol. The number of likely N-dealkylation sites (tertiary alicyclic amines) is 1. The highest BCUT2D eigenvalue weighted by molar-refractivity contribution is 5.17. The van der Waals surface area contributed by atoms with Crippen LogP contribution >= 0.6 is 0 Å². The van der Waals surface area contributed by atoms with Gasteiger partial charge in [0, 0.05) is 44.0 Å². The van der Waals surface area contributed by atoms with E-state index in [0.717, 1.165) is 32.4 Å². The molecule has 1 fully saturated rings. The summed E-state index contributed by atoms with van der Waals surface area (Å²) in [6.45, 7) is 6.58. The average Bonchev–Trinajstić information content (AvgIpc) is 2.63. The summed E-state index contributed by atoms with van der Waals surface area (Å²) < 4.78 is 1.93. The lowest BCUT2D eigenvalue weighted by atomic mass is 9.98. The number of aromatic nitrogens is 2. The number of nitrogens with two attached hydrogens (primary N) is 1. The van der Waals surface area contributed by atoms with Crippen molar-refractivity contribution in [1.82, 2.24) is 14.7 Å². The molecule has 0 aliphatic carbocycles. The van der Waals surface area contributed by atoms with Gasteiger partial charge in [0.25, 0.3) is 0 Å². The lowest BCUT2D eigenvalue weighted by Crippen LogP contribution is -2.45. The van der Waals surface area contributed by atoms with E-state index >= 15 is 0 Å². The molecule has 2 heterocycles. The smallest absolute Gasteiger partial charge is 0.0666 e. The summed E-state index contributed by atoms with van der Waals surface area (Å²) in [5, 5.41) is 4.50. The molecule has 2 unspecified atom stereocenters. The third kappa shape index (κ3) is 2.87. The molecule has 1 aromatic rings. The molecule has 2 rings (SSSR count). The van der Waals surface area contributed by atoms with Crippen molar-refractivity contribution in [2.45, 2.75) is 51.7 Å². The highest BCUT2D eigenvalue weighted by atomic mass is 15.3. The first-order valence-corrected chi connectivity index (χ1v) is 6.61. The Hall–Kier alpha value is -0.870. The molecule has 1 aromatic heterocycles. The molecule has 2 N–H and O–H groups in total. The van der Waals surface area contributed by atoms with Gasteiger partial charge >= 0.3 is 0 Å². The van der Waals surface area contributed by atoms with Crippen LogP contribution in [0.5, 0.6) is 0 Å². The molecule has 1 saturated heterocycles. The van der Waals surface area contributed by atoms with E-state index in [0.29, 0.717) is 12.1 Å².